The van der Waals surface area contributed by atoms with Crippen LogP contribution in [0, 0.1) is 11.9 Å². The highest BCUT2D eigenvalue weighted by Crippen LogP contribution is 2.06. The van der Waals surface area contributed by atoms with Crippen LogP contribution < -0.4 is 0 Å². The molecule has 0 saturated carbocycles. The highest BCUT2D eigenvalue weighted by molar-refractivity contribution is 6.30. The number of alkyl halides is 1. The van der Waals surface area contributed by atoms with Gasteiger partial charge in [0.2, 0.25) is 11.9 Å². The van der Waals surface area contributed by atoms with Crippen molar-refractivity contribution in [3.63, 3.8) is 0 Å². The Morgan fingerprint density at radius 2 is 1.30 bits per heavy atom. The van der Waals surface area contributed by atoms with Crippen LogP contribution in [0.5, 0.6) is 0 Å². The van der Waals surface area contributed by atoms with Crippen molar-refractivity contribution in [2.24, 2.45) is 0 Å². The van der Waals surface area contributed by atoms with Gasteiger partial charge in [-0.25, -0.2) is 19.9 Å². The number of aromatic nitrogens is 4. The summed E-state index contributed by atoms with van der Waals surface area (Å²) in [5.41, 5.74) is 0. The minimum Gasteiger partial charge on any atom is -0.255 e. The third-order valence-electron chi connectivity index (χ3n) is 1.17. The zero-order valence-corrected chi connectivity index (χ0v) is 15.4. The van der Waals surface area contributed by atoms with Gasteiger partial charge in [-0.1, -0.05) is 53.1 Å². The van der Waals surface area contributed by atoms with Crippen LogP contribution in [0.3, 0.4) is 0 Å². The molecule has 2 rings (SSSR count). The zero-order chi connectivity index (χ0) is 19.1. The van der Waals surface area contributed by atoms with E-state index in [0.29, 0.717) is 7.18 Å². The van der Waals surface area contributed by atoms with Crippen molar-refractivity contribution in [3.05, 3.63) is 48.0 Å². The first kappa shape index (κ1) is 29.3. The normalized spacial score (nSPS) is 6.91. The summed E-state index contributed by atoms with van der Waals surface area (Å²) in [5, 5.41) is -0.0486. The van der Waals surface area contributed by atoms with Gasteiger partial charge in [0.05, 0.1) is 13.4 Å². The fraction of sp³-hybridized carbons (Fsp3) is 0.467. The minimum atomic E-state index is -0.679. The highest BCUT2D eigenvalue weighted by Gasteiger charge is 1.94. The van der Waals surface area contributed by atoms with Crippen molar-refractivity contribution in [3.8, 4) is 0 Å². The van der Waals surface area contributed by atoms with Gasteiger partial charge in [-0.05, 0) is 0 Å². The molecule has 8 heteroatoms. The molecule has 0 aliphatic heterocycles. The zero-order valence-electron chi connectivity index (χ0n) is 14.7. The second-order valence-electron chi connectivity index (χ2n) is 2.19. The average molecular weight is 355 g/mol. The van der Waals surface area contributed by atoms with Gasteiger partial charge in [-0.3, -0.25) is 4.39 Å². The van der Waals surface area contributed by atoms with E-state index in [1.54, 1.807) is 0 Å². The second kappa shape index (κ2) is 28.4. The van der Waals surface area contributed by atoms with Crippen molar-refractivity contribution in [1.29, 1.82) is 0 Å². The summed E-state index contributed by atoms with van der Waals surface area (Å²) in [7, 11) is 0.500. The molecule has 0 unspecified atom stereocenters. The highest BCUT2D eigenvalue weighted by atomic mass is 35.5. The Balaban J connectivity index is -0.000000110. The van der Waals surface area contributed by atoms with E-state index in [0.717, 1.165) is 12.7 Å². The van der Waals surface area contributed by atoms with Crippen molar-refractivity contribution < 1.29 is 13.2 Å². The van der Waals surface area contributed by atoms with Crippen molar-refractivity contribution in [1.82, 2.24) is 19.9 Å². The van der Waals surface area contributed by atoms with Gasteiger partial charge >= 0.3 is 0 Å². The molecule has 2 aromatic rings. The van der Waals surface area contributed by atoms with E-state index in [1.807, 2.05) is 41.5 Å². The molecule has 0 aliphatic rings. The van der Waals surface area contributed by atoms with Crippen LogP contribution in [0.15, 0.2) is 31.1 Å². The van der Waals surface area contributed by atoms with E-state index in [4.69, 9.17) is 11.6 Å². The Morgan fingerprint density at radius 1 is 0.826 bits per heavy atom. The predicted molar refractivity (Wildman–Crippen MR) is 90.1 cm³/mol. The van der Waals surface area contributed by atoms with E-state index in [1.165, 1.54) is 18.5 Å². The van der Waals surface area contributed by atoms with Crippen molar-refractivity contribution in [2.75, 3.05) is 7.18 Å². The van der Waals surface area contributed by atoms with Gasteiger partial charge in [-0.15, -0.1) is 0 Å². The molecule has 0 atom stereocenters. The van der Waals surface area contributed by atoms with Crippen molar-refractivity contribution >= 4 is 11.6 Å². The molecule has 134 valence electrons. The van der Waals surface area contributed by atoms with Crippen LogP contribution in [0.1, 0.15) is 41.5 Å². The standard InChI is InChI=1S/C4H2ClFN2.C4H3FN2.3C2H6.CH3F/c5-3-1-7-2-8-4(3)6;5-4-1-2-6-3-7-4;4*1-2/h1-2H;1-3H;3*1-2H3;1H3. The number of nitrogens with zero attached hydrogens (tertiary/aromatic N) is 4. The summed E-state index contributed by atoms with van der Waals surface area (Å²) in [4.78, 5) is 13.3. The molecule has 0 radical (unpaired) electrons. The molecule has 0 amide bonds. The quantitative estimate of drug-likeness (QED) is 0.582. The molecular formula is C15H26ClF3N4. The van der Waals surface area contributed by atoms with Gasteiger partial charge in [-0.2, -0.15) is 8.78 Å². The van der Waals surface area contributed by atoms with Gasteiger partial charge < -0.3 is 0 Å². The van der Waals surface area contributed by atoms with Crippen LogP contribution in [0.2, 0.25) is 5.02 Å². The molecule has 0 N–H and O–H groups in total. The first-order valence-corrected chi connectivity index (χ1v) is 7.48. The molecule has 23 heavy (non-hydrogen) atoms. The fourth-order valence-electron chi connectivity index (χ4n) is 0.572. The third kappa shape index (κ3) is 22.7. The Labute approximate surface area is 142 Å². The summed E-state index contributed by atoms with van der Waals surface area (Å²) >= 11 is 5.21. The maximum atomic E-state index is 12.0. The molecule has 0 aromatic carbocycles. The Hall–Kier alpha value is -1.76. The molecule has 0 fully saturated rings. The molecule has 2 heterocycles. The average Bonchev–Trinajstić information content (AvgIpc) is 2.66. The number of hydrogen-bond acceptors (Lipinski definition) is 4. The van der Waals surface area contributed by atoms with Crippen LogP contribution in [0.25, 0.3) is 0 Å². The monoisotopic (exact) mass is 354 g/mol. The van der Waals surface area contributed by atoms with Gasteiger partial charge in [0.15, 0.2) is 0 Å². The Kier molecular flexibility index (Phi) is 36.2. The summed E-state index contributed by atoms with van der Waals surface area (Å²) in [6.07, 6.45) is 4.81. The molecule has 4 nitrogen and oxygen atoms in total. The minimum absolute atomic E-state index is 0.0486. The van der Waals surface area contributed by atoms with Crippen molar-refractivity contribution in [2.45, 2.75) is 41.5 Å². The third-order valence-corrected chi connectivity index (χ3v) is 1.42. The van der Waals surface area contributed by atoms with E-state index in [-0.39, 0.29) is 5.02 Å². The summed E-state index contributed by atoms with van der Waals surface area (Å²) in [6.45, 7) is 12.0. The van der Waals surface area contributed by atoms with Crippen LogP contribution in [-0.2, 0) is 0 Å². The fourth-order valence-corrected chi connectivity index (χ4v) is 0.677. The van der Waals surface area contributed by atoms with E-state index < -0.39 is 11.9 Å². The number of halogens is 4. The Bertz CT molecular complexity index is 399. The largest absolute Gasteiger partial charge is 0.255 e. The lowest BCUT2D eigenvalue weighted by molar-refractivity contribution is 0.579. The number of rotatable bonds is 0. The van der Waals surface area contributed by atoms with Gasteiger partial charge in [0, 0.05) is 12.3 Å². The summed E-state index contributed by atoms with van der Waals surface area (Å²) in [6, 6.07) is 1.19. The molecule has 0 saturated heterocycles. The molecule has 2 aromatic heterocycles. The lowest BCUT2D eigenvalue weighted by Crippen LogP contribution is -1.82. The first-order chi connectivity index (χ1) is 11.2. The lowest BCUT2D eigenvalue weighted by Gasteiger charge is -1.85. The topological polar surface area (TPSA) is 51.6 Å². The van der Waals surface area contributed by atoms with Crippen LogP contribution in [-0.4, -0.2) is 27.1 Å². The lowest BCUT2D eigenvalue weighted by atomic mass is 10.7. The van der Waals surface area contributed by atoms with Gasteiger partial charge in [0.1, 0.15) is 17.7 Å². The Morgan fingerprint density at radius 3 is 1.52 bits per heavy atom. The molecule has 0 aliphatic carbocycles. The van der Waals surface area contributed by atoms with E-state index in [9.17, 15) is 13.2 Å². The smallest absolute Gasteiger partial charge is 0.234 e. The van der Waals surface area contributed by atoms with Gasteiger partial charge in [0.25, 0.3) is 0 Å². The molecule has 0 spiro atoms. The predicted octanol–water partition coefficient (Wildman–Crippen LogP) is 5.55. The van der Waals surface area contributed by atoms with Crippen LogP contribution in [0.4, 0.5) is 13.2 Å². The number of hydrogen-bond donors (Lipinski definition) is 0. The maximum Gasteiger partial charge on any atom is 0.234 e. The molecule has 0 bridgehead atoms. The molecular weight excluding hydrogens is 329 g/mol. The van der Waals surface area contributed by atoms with E-state index in [2.05, 4.69) is 19.9 Å². The maximum absolute atomic E-state index is 12.0. The van der Waals surface area contributed by atoms with E-state index >= 15 is 0 Å². The summed E-state index contributed by atoms with van der Waals surface area (Å²) < 4.78 is 33.3. The van der Waals surface area contributed by atoms with Crippen LogP contribution >= 0.6 is 11.6 Å². The second-order valence-corrected chi connectivity index (χ2v) is 2.60. The SMILES string of the molecule is CC.CC.CC.CF.Fc1ccncn1.Fc1ncncc1Cl. The first-order valence-electron chi connectivity index (χ1n) is 7.10. The summed E-state index contributed by atoms with van der Waals surface area (Å²) in [5.74, 6) is -1.17.